The van der Waals surface area contributed by atoms with Gasteiger partial charge < -0.3 is 21.9 Å². The lowest BCUT2D eigenvalue weighted by molar-refractivity contribution is 0.292. The fourth-order valence-corrected chi connectivity index (χ4v) is 1.08. The quantitative estimate of drug-likeness (QED) is 0.387. The van der Waals surface area contributed by atoms with Crippen LogP contribution >= 0.6 is 0 Å². The SMILES string of the molecule is Nc1ccc(N)c(CNCCO)c1. The smallest absolute Gasteiger partial charge is 0.0556 e. The van der Waals surface area contributed by atoms with Crippen LogP contribution in [0.25, 0.3) is 0 Å². The van der Waals surface area contributed by atoms with Crippen molar-refractivity contribution >= 4 is 11.4 Å². The van der Waals surface area contributed by atoms with Gasteiger partial charge in [-0.05, 0) is 23.8 Å². The summed E-state index contributed by atoms with van der Waals surface area (Å²) in [5, 5.41) is 11.6. The van der Waals surface area contributed by atoms with Crippen LogP contribution < -0.4 is 16.8 Å². The van der Waals surface area contributed by atoms with Gasteiger partial charge in [0.25, 0.3) is 0 Å². The molecule has 1 rings (SSSR count). The number of hydrogen-bond acceptors (Lipinski definition) is 4. The molecule has 0 heterocycles. The van der Waals surface area contributed by atoms with Crippen LogP contribution in [0, 0.1) is 0 Å². The summed E-state index contributed by atoms with van der Waals surface area (Å²) in [4.78, 5) is 0. The molecular weight excluding hydrogens is 166 g/mol. The van der Waals surface area contributed by atoms with Crippen LogP contribution in [0.5, 0.6) is 0 Å². The number of nitrogen functional groups attached to an aromatic ring is 2. The zero-order valence-electron chi connectivity index (χ0n) is 7.46. The number of nitrogens with two attached hydrogens (primary N) is 2. The number of aliphatic hydroxyl groups excluding tert-OH is 1. The van der Waals surface area contributed by atoms with Crippen LogP contribution in [-0.2, 0) is 6.54 Å². The van der Waals surface area contributed by atoms with Crippen molar-refractivity contribution < 1.29 is 5.11 Å². The van der Waals surface area contributed by atoms with Gasteiger partial charge in [0.2, 0.25) is 0 Å². The first kappa shape index (κ1) is 9.83. The highest BCUT2D eigenvalue weighted by Gasteiger charge is 1.98. The summed E-state index contributed by atoms with van der Waals surface area (Å²) in [6, 6.07) is 5.38. The predicted molar refractivity (Wildman–Crippen MR) is 54.1 cm³/mol. The molecule has 0 spiro atoms. The minimum absolute atomic E-state index is 0.127. The van der Waals surface area contributed by atoms with Crippen LogP contribution in [0.2, 0.25) is 0 Å². The second-order valence-electron chi connectivity index (χ2n) is 2.86. The van der Waals surface area contributed by atoms with Crippen molar-refractivity contribution in [1.82, 2.24) is 5.32 Å². The van der Waals surface area contributed by atoms with Crippen molar-refractivity contribution in [3.05, 3.63) is 23.8 Å². The molecule has 72 valence electrons. The van der Waals surface area contributed by atoms with Gasteiger partial charge in [-0.25, -0.2) is 0 Å². The summed E-state index contributed by atoms with van der Waals surface area (Å²) in [6.45, 7) is 1.33. The summed E-state index contributed by atoms with van der Waals surface area (Å²) in [7, 11) is 0. The number of aliphatic hydroxyl groups is 1. The van der Waals surface area contributed by atoms with E-state index >= 15 is 0 Å². The molecule has 6 N–H and O–H groups in total. The van der Waals surface area contributed by atoms with Gasteiger partial charge in [0, 0.05) is 24.5 Å². The third-order valence-corrected chi connectivity index (χ3v) is 1.77. The van der Waals surface area contributed by atoms with Gasteiger partial charge in [0.1, 0.15) is 0 Å². The normalized spacial score (nSPS) is 10.2. The van der Waals surface area contributed by atoms with E-state index in [1.165, 1.54) is 0 Å². The average Bonchev–Trinajstić information content (AvgIpc) is 2.11. The highest BCUT2D eigenvalue weighted by Crippen LogP contribution is 2.14. The predicted octanol–water partition coefficient (Wildman–Crippen LogP) is -0.0671. The van der Waals surface area contributed by atoms with Gasteiger partial charge in [0.15, 0.2) is 0 Å². The van der Waals surface area contributed by atoms with Crippen LogP contribution in [0.15, 0.2) is 18.2 Å². The summed E-state index contributed by atoms with van der Waals surface area (Å²) in [5.74, 6) is 0. The summed E-state index contributed by atoms with van der Waals surface area (Å²) in [6.07, 6.45) is 0. The van der Waals surface area contributed by atoms with Gasteiger partial charge in [-0.2, -0.15) is 0 Å². The maximum absolute atomic E-state index is 8.55. The Morgan fingerprint density at radius 3 is 2.77 bits per heavy atom. The molecule has 0 fully saturated rings. The molecule has 4 heteroatoms. The van der Waals surface area contributed by atoms with E-state index in [4.69, 9.17) is 16.6 Å². The molecule has 0 aliphatic rings. The molecule has 0 saturated heterocycles. The Kier molecular flexibility index (Phi) is 3.54. The van der Waals surface area contributed by atoms with Crippen LogP contribution in [0.4, 0.5) is 11.4 Å². The van der Waals surface area contributed by atoms with E-state index in [-0.39, 0.29) is 6.61 Å². The maximum Gasteiger partial charge on any atom is 0.0556 e. The number of nitrogens with one attached hydrogen (secondary N) is 1. The Hall–Kier alpha value is -1.26. The van der Waals surface area contributed by atoms with Crippen molar-refractivity contribution in [3.8, 4) is 0 Å². The van der Waals surface area contributed by atoms with Crippen molar-refractivity contribution in [2.45, 2.75) is 6.54 Å². The number of rotatable bonds is 4. The Morgan fingerprint density at radius 1 is 1.31 bits per heavy atom. The Labute approximate surface area is 77.6 Å². The van der Waals surface area contributed by atoms with Gasteiger partial charge >= 0.3 is 0 Å². The van der Waals surface area contributed by atoms with E-state index in [1.807, 2.05) is 6.07 Å². The Morgan fingerprint density at radius 2 is 2.08 bits per heavy atom. The molecule has 13 heavy (non-hydrogen) atoms. The highest BCUT2D eigenvalue weighted by atomic mass is 16.3. The van der Waals surface area contributed by atoms with E-state index < -0.39 is 0 Å². The van der Waals surface area contributed by atoms with Crippen LogP contribution in [-0.4, -0.2) is 18.3 Å². The largest absolute Gasteiger partial charge is 0.399 e. The van der Waals surface area contributed by atoms with Crippen LogP contribution in [0.3, 0.4) is 0 Å². The lowest BCUT2D eigenvalue weighted by atomic mass is 10.1. The van der Waals surface area contributed by atoms with E-state index in [2.05, 4.69) is 5.32 Å². The Bertz CT molecular complexity index is 276. The maximum atomic E-state index is 8.55. The fraction of sp³-hybridized carbons (Fsp3) is 0.333. The molecule has 0 amide bonds. The van der Waals surface area contributed by atoms with Gasteiger partial charge in [0.05, 0.1) is 6.61 Å². The zero-order chi connectivity index (χ0) is 9.68. The minimum atomic E-state index is 0.127. The molecule has 0 saturated carbocycles. The fourth-order valence-electron chi connectivity index (χ4n) is 1.08. The molecule has 1 aromatic carbocycles. The minimum Gasteiger partial charge on any atom is -0.399 e. The summed E-state index contributed by atoms with van der Waals surface area (Å²) < 4.78 is 0. The third-order valence-electron chi connectivity index (χ3n) is 1.77. The average molecular weight is 181 g/mol. The topological polar surface area (TPSA) is 84.3 Å². The molecule has 1 aromatic rings. The van der Waals surface area contributed by atoms with Gasteiger partial charge in [-0.1, -0.05) is 0 Å². The van der Waals surface area contributed by atoms with E-state index in [1.54, 1.807) is 12.1 Å². The first-order valence-electron chi connectivity index (χ1n) is 4.19. The van der Waals surface area contributed by atoms with E-state index in [9.17, 15) is 0 Å². The zero-order valence-corrected chi connectivity index (χ0v) is 7.46. The molecule has 0 bridgehead atoms. The number of anilines is 2. The van der Waals surface area contributed by atoms with E-state index in [0.717, 1.165) is 11.3 Å². The lowest BCUT2D eigenvalue weighted by Crippen LogP contribution is -2.18. The number of benzene rings is 1. The first-order chi connectivity index (χ1) is 6.24. The summed E-state index contributed by atoms with van der Waals surface area (Å²) >= 11 is 0. The second kappa shape index (κ2) is 4.69. The van der Waals surface area contributed by atoms with E-state index in [0.29, 0.717) is 18.8 Å². The summed E-state index contributed by atoms with van der Waals surface area (Å²) in [5.41, 5.74) is 13.7. The molecule has 0 aliphatic carbocycles. The van der Waals surface area contributed by atoms with Crippen molar-refractivity contribution in [2.24, 2.45) is 0 Å². The van der Waals surface area contributed by atoms with Crippen molar-refractivity contribution in [2.75, 3.05) is 24.6 Å². The molecule has 0 aromatic heterocycles. The molecule has 0 radical (unpaired) electrons. The number of hydrogen-bond donors (Lipinski definition) is 4. The van der Waals surface area contributed by atoms with Gasteiger partial charge in [-0.15, -0.1) is 0 Å². The van der Waals surface area contributed by atoms with Gasteiger partial charge in [-0.3, -0.25) is 0 Å². The third kappa shape index (κ3) is 2.93. The molecule has 0 aliphatic heterocycles. The van der Waals surface area contributed by atoms with Crippen molar-refractivity contribution in [3.63, 3.8) is 0 Å². The molecule has 4 nitrogen and oxygen atoms in total. The first-order valence-corrected chi connectivity index (χ1v) is 4.19. The highest BCUT2D eigenvalue weighted by molar-refractivity contribution is 5.55. The standard InChI is InChI=1S/C9H15N3O/c10-8-1-2-9(11)7(5-8)6-12-3-4-13/h1-2,5,12-13H,3-4,6,10-11H2. The lowest BCUT2D eigenvalue weighted by Gasteiger charge is -2.07. The molecule has 0 unspecified atom stereocenters. The molecular formula is C9H15N3O. The molecule has 0 atom stereocenters. The van der Waals surface area contributed by atoms with Crippen LogP contribution in [0.1, 0.15) is 5.56 Å². The Balaban J connectivity index is 2.59. The van der Waals surface area contributed by atoms with Crippen molar-refractivity contribution in [1.29, 1.82) is 0 Å². The monoisotopic (exact) mass is 181 g/mol. The second-order valence-corrected chi connectivity index (χ2v) is 2.86.